The molecule has 1 saturated carbocycles. The number of hydrogen-bond acceptors (Lipinski definition) is 3. The number of aliphatic carboxylic acids is 1. The summed E-state index contributed by atoms with van der Waals surface area (Å²) in [6.45, 7) is 2.59. The lowest BCUT2D eigenvalue weighted by Gasteiger charge is -2.38. The normalized spacial score (nSPS) is 17.2. The minimum absolute atomic E-state index is 0.136. The summed E-state index contributed by atoms with van der Waals surface area (Å²) < 4.78 is 0. The van der Waals surface area contributed by atoms with Gasteiger partial charge in [0, 0.05) is 18.7 Å². The van der Waals surface area contributed by atoms with Crippen molar-refractivity contribution in [2.45, 2.75) is 26.2 Å². The molecule has 0 atom stereocenters. The predicted octanol–water partition coefficient (Wildman–Crippen LogP) is 0.643. The van der Waals surface area contributed by atoms with Crippen molar-refractivity contribution in [1.82, 2.24) is 10.6 Å². The van der Waals surface area contributed by atoms with Crippen LogP contribution in [0.3, 0.4) is 0 Å². The fourth-order valence-electron chi connectivity index (χ4n) is 1.60. The zero-order valence-corrected chi connectivity index (χ0v) is 9.66. The van der Waals surface area contributed by atoms with E-state index in [9.17, 15) is 14.4 Å². The first kappa shape index (κ1) is 13.2. The fourth-order valence-corrected chi connectivity index (χ4v) is 1.60. The van der Waals surface area contributed by atoms with E-state index in [0.29, 0.717) is 12.6 Å². The number of carbonyl (C=O) groups excluding carboxylic acids is 2. The highest BCUT2D eigenvalue weighted by Gasteiger charge is 2.31. The first-order chi connectivity index (χ1) is 7.91. The Kier molecular flexibility index (Phi) is 4.25. The van der Waals surface area contributed by atoms with E-state index in [1.165, 1.54) is 6.42 Å². The average Bonchev–Trinajstić information content (AvgIpc) is 2.21. The van der Waals surface area contributed by atoms with E-state index in [2.05, 4.69) is 12.2 Å². The quantitative estimate of drug-likeness (QED) is 0.628. The standard InChI is InChI=1S/C11H16N2O4/c1-11(5-2-6-11)7-12-10(17)13-8(14)3-4-9(15)16/h3-4H,2,5-7H2,1H3,(H,15,16)(H2,12,13,14,17)/b4-3+. The number of carbonyl (C=O) groups is 3. The molecule has 0 aliphatic heterocycles. The summed E-state index contributed by atoms with van der Waals surface area (Å²) in [5, 5.41) is 12.9. The lowest BCUT2D eigenvalue weighted by Crippen LogP contribution is -2.45. The number of carboxylic acids is 1. The van der Waals surface area contributed by atoms with E-state index < -0.39 is 17.9 Å². The largest absolute Gasteiger partial charge is 0.478 e. The molecule has 6 nitrogen and oxygen atoms in total. The predicted molar refractivity (Wildman–Crippen MR) is 60.3 cm³/mol. The van der Waals surface area contributed by atoms with Crippen LogP contribution in [-0.4, -0.2) is 29.6 Å². The van der Waals surface area contributed by atoms with E-state index in [4.69, 9.17) is 5.11 Å². The highest BCUT2D eigenvalue weighted by molar-refractivity contribution is 6.02. The number of imide groups is 1. The molecular formula is C11H16N2O4. The van der Waals surface area contributed by atoms with Gasteiger partial charge in [-0.3, -0.25) is 10.1 Å². The summed E-state index contributed by atoms with van der Waals surface area (Å²) in [5.74, 6) is -1.98. The Morgan fingerprint density at radius 3 is 2.41 bits per heavy atom. The van der Waals surface area contributed by atoms with Gasteiger partial charge >= 0.3 is 12.0 Å². The third-order valence-corrected chi connectivity index (χ3v) is 2.85. The molecule has 0 spiro atoms. The number of nitrogens with one attached hydrogen (secondary N) is 2. The second-order valence-corrected chi connectivity index (χ2v) is 4.51. The zero-order chi connectivity index (χ0) is 12.9. The number of urea groups is 1. The SMILES string of the molecule is CC1(CNC(=O)NC(=O)/C=C/C(=O)O)CCC1. The molecule has 0 aromatic carbocycles. The lowest BCUT2D eigenvalue weighted by atomic mass is 9.70. The van der Waals surface area contributed by atoms with Gasteiger partial charge in [0.1, 0.15) is 0 Å². The van der Waals surface area contributed by atoms with Gasteiger partial charge in [-0.05, 0) is 18.3 Å². The highest BCUT2D eigenvalue weighted by atomic mass is 16.4. The van der Waals surface area contributed by atoms with Crippen molar-refractivity contribution in [1.29, 1.82) is 0 Å². The molecule has 94 valence electrons. The molecule has 0 heterocycles. The number of hydrogen-bond donors (Lipinski definition) is 3. The van der Waals surface area contributed by atoms with Crippen molar-refractivity contribution in [2.75, 3.05) is 6.54 Å². The minimum atomic E-state index is -1.23. The molecule has 17 heavy (non-hydrogen) atoms. The monoisotopic (exact) mass is 240 g/mol. The molecule has 0 aromatic heterocycles. The third-order valence-electron chi connectivity index (χ3n) is 2.85. The van der Waals surface area contributed by atoms with Crippen molar-refractivity contribution >= 4 is 17.9 Å². The van der Waals surface area contributed by atoms with Crippen LogP contribution < -0.4 is 10.6 Å². The zero-order valence-electron chi connectivity index (χ0n) is 9.66. The minimum Gasteiger partial charge on any atom is -0.478 e. The summed E-state index contributed by atoms with van der Waals surface area (Å²) >= 11 is 0. The first-order valence-electron chi connectivity index (χ1n) is 5.41. The fraction of sp³-hybridized carbons (Fsp3) is 0.545. The van der Waals surface area contributed by atoms with Crippen molar-refractivity contribution in [2.24, 2.45) is 5.41 Å². The topological polar surface area (TPSA) is 95.5 Å². The van der Waals surface area contributed by atoms with Crippen LogP contribution >= 0.6 is 0 Å². The van der Waals surface area contributed by atoms with Crippen molar-refractivity contribution < 1.29 is 19.5 Å². The van der Waals surface area contributed by atoms with E-state index in [0.717, 1.165) is 18.9 Å². The van der Waals surface area contributed by atoms with Crippen LogP contribution in [0.25, 0.3) is 0 Å². The summed E-state index contributed by atoms with van der Waals surface area (Å²) in [7, 11) is 0. The van der Waals surface area contributed by atoms with E-state index in [-0.39, 0.29) is 5.41 Å². The Morgan fingerprint density at radius 1 is 1.29 bits per heavy atom. The summed E-state index contributed by atoms with van der Waals surface area (Å²) in [6, 6.07) is -0.599. The summed E-state index contributed by atoms with van der Waals surface area (Å²) in [5.41, 5.74) is 0.136. The van der Waals surface area contributed by atoms with Crippen LogP contribution in [0.2, 0.25) is 0 Å². The Balaban J connectivity index is 2.24. The molecule has 1 fully saturated rings. The molecule has 3 N–H and O–H groups in total. The van der Waals surface area contributed by atoms with Gasteiger partial charge in [0.15, 0.2) is 0 Å². The molecule has 3 amide bonds. The van der Waals surface area contributed by atoms with Gasteiger partial charge in [-0.15, -0.1) is 0 Å². The highest BCUT2D eigenvalue weighted by Crippen LogP contribution is 2.39. The van der Waals surface area contributed by atoms with Crippen molar-refractivity contribution in [3.63, 3.8) is 0 Å². The van der Waals surface area contributed by atoms with E-state index in [1.54, 1.807) is 0 Å². The molecule has 0 saturated heterocycles. The maximum absolute atomic E-state index is 11.3. The summed E-state index contributed by atoms with van der Waals surface area (Å²) in [6.07, 6.45) is 4.78. The van der Waals surface area contributed by atoms with Gasteiger partial charge in [0.25, 0.3) is 5.91 Å². The lowest BCUT2D eigenvalue weighted by molar-refractivity contribution is -0.131. The van der Waals surface area contributed by atoms with Crippen LogP contribution in [0.15, 0.2) is 12.2 Å². The molecular weight excluding hydrogens is 224 g/mol. The first-order valence-corrected chi connectivity index (χ1v) is 5.41. The maximum Gasteiger partial charge on any atom is 0.328 e. The smallest absolute Gasteiger partial charge is 0.328 e. The summed E-state index contributed by atoms with van der Waals surface area (Å²) in [4.78, 5) is 32.4. The number of rotatable bonds is 4. The number of carboxylic acid groups (broad SMARTS) is 1. The van der Waals surface area contributed by atoms with Crippen LogP contribution in [0.1, 0.15) is 26.2 Å². The Morgan fingerprint density at radius 2 is 1.94 bits per heavy atom. The van der Waals surface area contributed by atoms with Gasteiger partial charge in [0.2, 0.25) is 0 Å². The van der Waals surface area contributed by atoms with Gasteiger partial charge in [-0.1, -0.05) is 13.3 Å². The molecule has 0 radical (unpaired) electrons. The Hall–Kier alpha value is -1.85. The Labute approximate surface area is 99.1 Å². The molecule has 1 aliphatic carbocycles. The van der Waals surface area contributed by atoms with E-state index in [1.807, 2.05) is 5.32 Å². The van der Waals surface area contributed by atoms with Gasteiger partial charge in [-0.2, -0.15) is 0 Å². The Bertz CT molecular complexity index is 358. The average molecular weight is 240 g/mol. The van der Waals surface area contributed by atoms with E-state index >= 15 is 0 Å². The number of amides is 3. The molecule has 6 heteroatoms. The van der Waals surface area contributed by atoms with Gasteiger partial charge in [0.05, 0.1) is 0 Å². The van der Waals surface area contributed by atoms with Crippen LogP contribution in [0.5, 0.6) is 0 Å². The third kappa shape index (κ3) is 4.67. The van der Waals surface area contributed by atoms with Gasteiger partial charge in [-0.25, -0.2) is 9.59 Å². The van der Waals surface area contributed by atoms with Crippen LogP contribution in [-0.2, 0) is 9.59 Å². The molecule has 1 aliphatic rings. The second-order valence-electron chi connectivity index (χ2n) is 4.51. The molecule has 0 bridgehead atoms. The molecule has 0 aromatic rings. The van der Waals surface area contributed by atoms with Crippen LogP contribution in [0.4, 0.5) is 4.79 Å². The maximum atomic E-state index is 11.3. The molecule has 0 unspecified atom stereocenters. The van der Waals surface area contributed by atoms with Crippen molar-refractivity contribution in [3.05, 3.63) is 12.2 Å². The van der Waals surface area contributed by atoms with Crippen molar-refractivity contribution in [3.8, 4) is 0 Å². The van der Waals surface area contributed by atoms with Gasteiger partial charge < -0.3 is 10.4 Å². The van der Waals surface area contributed by atoms with Crippen LogP contribution in [0, 0.1) is 5.41 Å². The molecule has 1 rings (SSSR count). The second kappa shape index (κ2) is 5.47.